The van der Waals surface area contributed by atoms with E-state index in [4.69, 9.17) is 33.2 Å². The summed E-state index contributed by atoms with van der Waals surface area (Å²) in [6, 6.07) is 7.51. The van der Waals surface area contributed by atoms with E-state index in [1.807, 2.05) is 0 Å². The molecule has 0 radical (unpaired) electrons. The molecular formula is C35H38F5N5O12. The van der Waals surface area contributed by atoms with Crippen LogP contribution in [0.5, 0.6) is 5.75 Å². The molecule has 3 aromatic rings. The van der Waals surface area contributed by atoms with E-state index in [1.54, 1.807) is 58.2 Å². The molecule has 6 atom stereocenters. The molecule has 3 aliphatic rings. The van der Waals surface area contributed by atoms with Crippen molar-refractivity contribution in [2.45, 2.75) is 101 Å². The lowest BCUT2D eigenvalue weighted by Gasteiger charge is -2.28. The third kappa shape index (κ3) is 9.47. The average Bonchev–Trinajstić information content (AvgIpc) is 3.90. The Morgan fingerprint density at radius 3 is 2.39 bits per heavy atom. The summed E-state index contributed by atoms with van der Waals surface area (Å²) in [5.74, 6) is -9.95. The number of nitrogens with zero attached hydrogens (tertiary/aromatic N) is 4. The van der Waals surface area contributed by atoms with Gasteiger partial charge < -0.3 is 43.2 Å². The van der Waals surface area contributed by atoms with Gasteiger partial charge in [0.05, 0.1) is 37.1 Å². The Kier molecular flexibility index (Phi) is 11.6. The first-order chi connectivity index (χ1) is 26.6. The Balaban J connectivity index is 1.09. The quantitative estimate of drug-likeness (QED) is 0.105. The average molecular weight is 816 g/mol. The number of hydrogen-bond acceptors (Lipinski definition) is 14. The molecule has 17 nitrogen and oxygen atoms in total. The van der Waals surface area contributed by atoms with Gasteiger partial charge in [0.2, 0.25) is 0 Å². The Morgan fingerprint density at radius 2 is 1.75 bits per heavy atom. The van der Waals surface area contributed by atoms with Gasteiger partial charge in [-0.05, 0) is 51.5 Å². The first-order valence-electron chi connectivity index (χ1n) is 17.3. The number of fused-ring (bicyclic) bond motifs is 1. The standard InChI is InChI=1S/C35H38F5N5O12/c1-32(2)53-16-25(55-32)26-27(28-31(54-26)57-33(3,4)56-28)51-15-20-14-44(43-42-20)21-9-6-18(7-10-21)12-22(30(47)50-5)41-29(46)19-8-11-23(45(48)49)24(13-19)52-17-34(36,37)35(38,39)40/h6-11,13-14,22,25-28,31H,12,15-17H2,1-5H3,(H,41,46)/t22-,25+,26+,27-,28+,31+/m0/s1. The molecule has 2 aromatic carbocycles. The fourth-order valence-electron chi connectivity index (χ4n) is 6.31. The first-order valence-corrected chi connectivity index (χ1v) is 17.3. The van der Waals surface area contributed by atoms with Crippen LogP contribution in [0.4, 0.5) is 27.6 Å². The number of rotatable bonds is 14. The van der Waals surface area contributed by atoms with Gasteiger partial charge in [0.25, 0.3) is 5.91 Å². The number of alkyl halides is 5. The number of halogens is 5. The largest absolute Gasteiger partial charge is 0.480 e. The molecule has 6 rings (SSSR count). The van der Waals surface area contributed by atoms with E-state index in [-0.39, 0.29) is 19.6 Å². The van der Waals surface area contributed by atoms with Crippen molar-refractivity contribution in [2.75, 3.05) is 20.3 Å². The molecule has 0 bridgehead atoms. The molecule has 3 fully saturated rings. The zero-order valence-corrected chi connectivity index (χ0v) is 31.0. The minimum absolute atomic E-state index is 0.0372. The number of nitrogens with one attached hydrogen (secondary N) is 1. The SMILES string of the molecule is COC(=O)[C@H](Cc1ccc(-n2cc(CO[C@@H]3[C@H]4OC(C)(C)O[C@H]4O[C@@H]3[C@H]3COC(C)(C)O3)nn2)cc1)NC(=O)c1ccc([N+](=O)[O-])c(OCC(F)(F)C(F)(F)F)c1. The number of esters is 1. The second-order valence-corrected chi connectivity index (χ2v) is 14.2. The van der Waals surface area contributed by atoms with Crippen molar-refractivity contribution in [1.29, 1.82) is 0 Å². The van der Waals surface area contributed by atoms with Crippen molar-refractivity contribution >= 4 is 17.6 Å². The third-order valence-electron chi connectivity index (χ3n) is 9.06. The number of amides is 1. The molecule has 4 heterocycles. The number of carbonyl (C=O) groups is 2. The summed E-state index contributed by atoms with van der Waals surface area (Å²) < 4.78 is 112. The normalized spacial score (nSPS) is 24.5. The number of aromatic nitrogens is 3. The molecule has 3 saturated heterocycles. The van der Waals surface area contributed by atoms with Gasteiger partial charge in [0.1, 0.15) is 36.2 Å². The van der Waals surface area contributed by atoms with E-state index in [9.17, 15) is 41.7 Å². The second-order valence-electron chi connectivity index (χ2n) is 14.2. The van der Waals surface area contributed by atoms with Crippen LogP contribution in [0.1, 0.15) is 49.3 Å². The number of hydrogen-bond donors (Lipinski definition) is 1. The van der Waals surface area contributed by atoms with Crippen LogP contribution in [-0.2, 0) is 51.0 Å². The van der Waals surface area contributed by atoms with E-state index in [0.717, 1.165) is 13.2 Å². The summed E-state index contributed by atoms with van der Waals surface area (Å²) in [7, 11) is 1.07. The predicted octanol–water partition coefficient (Wildman–Crippen LogP) is 4.18. The zero-order chi connectivity index (χ0) is 41.5. The minimum Gasteiger partial charge on any atom is -0.480 e. The lowest BCUT2D eigenvalue weighted by Crippen LogP contribution is -2.44. The van der Waals surface area contributed by atoms with Gasteiger partial charge in [-0.3, -0.25) is 14.9 Å². The fourth-order valence-corrected chi connectivity index (χ4v) is 6.31. The Morgan fingerprint density at radius 1 is 1.04 bits per heavy atom. The highest BCUT2D eigenvalue weighted by atomic mass is 19.4. The van der Waals surface area contributed by atoms with Crippen molar-refractivity contribution in [1.82, 2.24) is 20.3 Å². The van der Waals surface area contributed by atoms with Crippen LogP contribution in [0.2, 0.25) is 0 Å². The number of methoxy groups -OCH3 is 1. The molecule has 1 N–H and O–H groups in total. The van der Waals surface area contributed by atoms with Gasteiger partial charge in [-0.15, -0.1) is 5.10 Å². The molecule has 0 unspecified atom stereocenters. The van der Waals surface area contributed by atoms with E-state index in [1.165, 1.54) is 4.68 Å². The minimum atomic E-state index is -5.99. The van der Waals surface area contributed by atoms with Crippen LogP contribution in [-0.4, -0.2) is 113 Å². The number of ether oxygens (including phenoxy) is 8. The van der Waals surface area contributed by atoms with E-state index in [2.05, 4.69) is 20.4 Å². The maximum atomic E-state index is 13.5. The molecule has 0 saturated carbocycles. The van der Waals surface area contributed by atoms with Gasteiger partial charge in [-0.25, -0.2) is 9.48 Å². The van der Waals surface area contributed by atoms with Gasteiger partial charge in [-0.1, -0.05) is 17.3 Å². The van der Waals surface area contributed by atoms with Crippen molar-refractivity contribution in [3.8, 4) is 11.4 Å². The summed E-state index contributed by atoms with van der Waals surface area (Å²) >= 11 is 0. The Bertz CT molecular complexity index is 1960. The third-order valence-corrected chi connectivity index (χ3v) is 9.06. The summed E-state index contributed by atoms with van der Waals surface area (Å²) in [4.78, 5) is 36.0. The smallest absolute Gasteiger partial charge is 0.456 e. The Hall–Kier alpha value is -4.87. The maximum Gasteiger partial charge on any atom is 0.456 e. The van der Waals surface area contributed by atoms with E-state index < -0.39 is 101 Å². The molecule has 22 heteroatoms. The van der Waals surface area contributed by atoms with Gasteiger partial charge >= 0.3 is 23.8 Å². The summed E-state index contributed by atoms with van der Waals surface area (Å²) in [5, 5.41) is 22.1. The highest BCUT2D eigenvalue weighted by Crippen LogP contribution is 2.42. The molecule has 57 heavy (non-hydrogen) atoms. The maximum absolute atomic E-state index is 13.5. The number of nitro benzene ring substituents is 1. The van der Waals surface area contributed by atoms with Crippen LogP contribution >= 0.6 is 0 Å². The van der Waals surface area contributed by atoms with E-state index in [0.29, 0.717) is 29.1 Å². The van der Waals surface area contributed by atoms with Crippen LogP contribution in [0, 0.1) is 10.1 Å². The van der Waals surface area contributed by atoms with E-state index >= 15 is 0 Å². The van der Waals surface area contributed by atoms with Crippen LogP contribution in [0.3, 0.4) is 0 Å². The zero-order valence-electron chi connectivity index (χ0n) is 31.0. The van der Waals surface area contributed by atoms with Crippen LogP contribution < -0.4 is 10.1 Å². The van der Waals surface area contributed by atoms with Gasteiger partial charge in [0.15, 0.2) is 30.2 Å². The first kappa shape index (κ1) is 41.8. The predicted molar refractivity (Wildman–Crippen MR) is 180 cm³/mol. The molecule has 1 aromatic heterocycles. The number of nitro groups is 1. The molecular weight excluding hydrogens is 777 g/mol. The molecule has 310 valence electrons. The summed E-state index contributed by atoms with van der Waals surface area (Å²) in [6.45, 7) is 5.22. The molecule has 1 amide bonds. The van der Waals surface area contributed by atoms with Crippen molar-refractivity contribution < 1.29 is 74.4 Å². The molecule has 0 aliphatic carbocycles. The van der Waals surface area contributed by atoms with Gasteiger partial charge in [0, 0.05) is 24.1 Å². The topological polar surface area (TPSA) is 194 Å². The summed E-state index contributed by atoms with van der Waals surface area (Å²) in [5.41, 5.74) is 0.176. The van der Waals surface area contributed by atoms with Crippen LogP contribution in [0.25, 0.3) is 5.69 Å². The molecule has 3 aliphatic heterocycles. The van der Waals surface area contributed by atoms with Crippen molar-refractivity contribution in [3.63, 3.8) is 0 Å². The van der Waals surface area contributed by atoms with Crippen molar-refractivity contribution in [2.24, 2.45) is 0 Å². The lowest BCUT2D eigenvalue weighted by atomic mass is 10.0. The monoisotopic (exact) mass is 815 g/mol. The molecule has 0 spiro atoms. The van der Waals surface area contributed by atoms with Gasteiger partial charge in [-0.2, -0.15) is 22.0 Å². The fraction of sp³-hybridized carbons (Fsp3) is 0.543. The highest BCUT2D eigenvalue weighted by molar-refractivity contribution is 5.97. The lowest BCUT2D eigenvalue weighted by molar-refractivity contribution is -0.386. The number of carbonyl (C=O) groups excluding carboxylic acids is 2. The van der Waals surface area contributed by atoms with Crippen LogP contribution in [0.15, 0.2) is 48.7 Å². The summed E-state index contributed by atoms with van der Waals surface area (Å²) in [6.07, 6.45) is -7.23. The van der Waals surface area contributed by atoms with Crippen molar-refractivity contribution in [3.05, 3.63) is 75.6 Å². The highest BCUT2D eigenvalue weighted by Gasteiger charge is 2.60. The number of benzene rings is 2. The Labute approximate surface area is 320 Å². The second kappa shape index (κ2) is 15.8.